The van der Waals surface area contributed by atoms with Crippen LogP contribution in [-0.2, 0) is 17.4 Å². The quantitative estimate of drug-likeness (QED) is 0.709. The Labute approximate surface area is 157 Å². The fraction of sp³-hybridized carbons (Fsp3) is 0.300. The maximum atomic E-state index is 12.5. The van der Waals surface area contributed by atoms with Gasteiger partial charge < -0.3 is 9.64 Å². The van der Waals surface area contributed by atoms with Crippen molar-refractivity contribution >= 4 is 5.95 Å². The van der Waals surface area contributed by atoms with E-state index in [1.54, 1.807) is 23.9 Å². The van der Waals surface area contributed by atoms with E-state index in [1.807, 2.05) is 18.2 Å². The smallest absolute Gasteiger partial charge is 0.255 e. The number of nitrogens with zero attached hydrogens (tertiary/aromatic N) is 5. The van der Waals surface area contributed by atoms with E-state index in [0.29, 0.717) is 37.0 Å². The lowest BCUT2D eigenvalue weighted by Crippen LogP contribution is -2.50. The molecule has 3 heterocycles. The fourth-order valence-corrected chi connectivity index (χ4v) is 3.39. The van der Waals surface area contributed by atoms with E-state index in [-0.39, 0.29) is 5.56 Å². The first-order chi connectivity index (χ1) is 13.1. The van der Waals surface area contributed by atoms with Crippen molar-refractivity contribution in [2.75, 3.05) is 24.6 Å². The van der Waals surface area contributed by atoms with Gasteiger partial charge >= 0.3 is 0 Å². The highest BCUT2D eigenvalue weighted by Crippen LogP contribution is 2.31. The maximum Gasteiger partial charge on any atom is 0.255 e. The van der Waals surface area contributed by atoms with Crippen molar-refractivity contribution in [2.24, 2.45) is 7.05 Å². The topological polar surface area (TPSA) is 73.1 Å². The van der Waals surface area contributed by atoms with Crippen LogP contribution in [0.25, 0.3) is 11.4 Å². The van der Waals surface area contributed by atoms with E-state index in [4.69, 9.17) is 9.72 Å². The fourth-order valence-electron chi connectivity index (χ4n) is 3.39. The summed E-state index contributed by atoms with van der Waals surface area (Å²) in [6.07, 6.45) is 3.09. The Hall–Kier alpha value is -3.06. The van der Waals surface area contributed by atoms with Gasteiger partial charge in [0.2, 0.25) is 5.95 Å². The molecule has 1 fully saturated rings. The van der Waals surface area contributed by atoms with Crippen LogP contribution in [0.3, 0.4) is 0 Å². The zero-order valence-corrected chi connectivity index (χ0v) is 15.4. The minimum absolute atomic E-state index is 0.124. The molecule has 7 heteroatoms. The summed E-state index contributed by atoms with van der Waals surface area (Å²) in [7, 11) is 1.74. The van der Waals surface area contributed by atoms with Crippen LogP contribution in [-0.4, -0.2) is 39.2 Å². The lowest BCUT2D eigenvalue weighted by molar-refractivity contribution is -0.0471. The zero-order chi connectivity index (χ0) is 18.9. The summed E-state index contributed by atoms with van der Waals surface area (Å²) in [5.74, 6) is 0.613. The van der Waals surface area contributed by atoms with Crippen molar-refractivity contribution in [1.29, 1.82) is 0 Å². The number of anilines is 1. The third kappa shape index (κ3) is 3.33. The van der Waals surface area contributed by atoms with Crippen LogP contribution in [0.1, 0.15) is 12.5 Å². The normalized spacial score (nSPS) is 19.9. The van der Waals surface area contributed by atoms with Crippen LogP contribution in [0.4, 0.5) is 5.95 Å². The van der Waals surface area contributed by atoms with Gasteiger partial charge in [-0.25, -0.2) is 15.0 Å². The molecule has 7 nitrogen and oxygen atoms in total. The van der Waals surface area contributed by atoms with Gasteiger partial charge in [0.15, 0.2) is 0 Å². The van der Waals surface area contributed by atoms with Gasteiger partial charge in [0.25, 0.3) is 5.56 Å². The van der Waals surface area contributed by atoms with Crippen LogP contribution < -0.4 is 10.5 Å². The molecule has 0 aliphatic carbocycles. The van der Waals surface area contributed by atoms with Crippen molar-refractivity contribution in [1.82, 2.24) is 19.5 Å². The first-order valence-corrected chi connectivity index (χ1v) is 8.86. The molecule has 1 saturated heterocycles. The Morgan fingerprint density at radius 3 is 2.70 bits per heavy atom. The lowest BCUT2D eigenvalue weighted by atomic mass is 9.94. The molecule has 0 N–H and O–H groups in total. The van der Waals surface area contributed by atoms with Gasteiger partial charge in [-0.2, -0.15) is 0 Å². The zero-order valence-electron chi connectivity index (χ0n) is 15.4. The first-order valence-electron chi connectivity index (χ1n) is 8.86. The van der Waals surface area contributed by atoms with Crippen LogP contribution in [0, 0.1) is 0 Å². The third-order valence-electron chi connectivity index (χ3n) is 4.90. The molecule has 27 heavy (non-hydrogen) atoms. The molecule has 0 saturated carbocycles. The molecule has 0 radical (unpaired) electrons. The molecule has 1 atom stereocenters. The molecule has 1 unspecified atom stereocenters. The molecule has 0 spiro atoms. The van der Waals surface area contributed by atoms with Crippen LogP contribution in [0.5, 0.6) is 0 Å². The van der Waals surface area contributed by atoms with E-state index >= 15 is 0 Å². The van der Waals surface area contributed by atoms with Gasteiger partial charge in [-0.05, 0) is 18.6 Å². The highest BCUT2D eigenvalue weighted by molar-refractivity contribution is 5.55. The predicted molar refractivity (Wildman–Crippen MR) is 102 cm³/mol. The summed E-state index contributed by atoms with van der Waals surface area (Å²) in [4.78, 5) is 27.5. The Kier molecular flexibility index (Phi) is 4.45. The van der Waals surface area contributed by atoms with E-state index in [1.165, 1.54) is 12.4 Å². The Morgan fingerprint density at radius 1 is 1.15 bits per heavy atom. The maximum absolute atomic E-state index is 12.5. The second-order valence-electron chi connectivity index (χ2n) is 6.80. The van der Waals surface area contributed by atoms with Gasteiger partial charge in [-0.3, -0.25) is 9.36 Å². The molecule has 4 rings (SSSR count). The van der Waals surface area contributed by atoms with E-state index in [0.717, 1.165) is 5.56 Å². The highest BCUT2D eigenvalue weighted by Gasteiger charge is 2.35. The Morgan fingerprint density at radius 2 is 1.96 bits per heavy atom. The minimum Gasteiger partial charge on any atom is -0.367 e. The summed E-state index contributed by atoms with van der Waals surface area (Å²) in [6.45, 7) is 3.89. The summed E-state index contributed by atoms with van der Waals surface area (Å²) < 4.78 is 7.68. The van der Waals surface area contributed by atoms with Gasteiger partial charge in [0.1, 0.15) is 11.9 Å². The molecule has 1 aromatic carbocycles. The number of ether oxygens (including phenoxy) is 1. The lowest BCUT2D eigenvalue weighted by Gasteiger charge is -2.41. The second-order valence-corrected chi connectivity index (χ2v) is 6.80. The van der Waals surface area contributed by atoms with E-state index in [9.17, 15) is 4.79 Å². The molecule has 2 aromatic heterocycles. The van der Waals surface area contributed by atoms with Gasteiger partial charge in [-0.15, -0.1) is 0 Å². The molecular formula is C20H21N5O2. The number of benzene rings is 1. The number of rotatable bonds is 3. The van der Waals surface area contributed by atoms with E-state index < -0.39 is 5.60 Å². The molecule has 138 valence electrons. The summed E-state index contributed by atoms with van der Waals surface area (Å²) in [6, 6.07) is 13.4. The molecular weight excluding hydrogens is 342 g/mol. The SMILES string of the molecule is Cn1c(N2CCOC(C)(c3ccccc3)C2)nc(-c2ccncn2)cc1=O. The molecule has 3 aromatic rings. The monoisotopic (exact) mass is 363 g/mol. The Bertz CT molecular complexity index is 990. The molecule has 0 bridgehead atoms. The van der Waals surface area contributed by atoms with Gasteiger partial charge in [-0.1, -0.05) is 30.3 Å². The van der Waals surface area contributed by atoms with Crippen molar-refractivity contribution in [3.05, 3.63) is 70.9 Å². The van der Waals surface area contributed by atoms with Crippen molar-refractivity contribution < 1.29 is 4.74 Å². The standard InChI is InChI=1S/C20H21N5O2/c1-20(15-6-4-3-5-7-15)13-25(10-11-27-20)19-23-17(12-18(26)24(19)2)16-8-9-21-14-22-16/h3-9,12,14H,10-11,13H2,1-2H3. The minimum atomic E-state index is -0.470. The molecule has 1 aliphatic rings. The molecule has 0 amide bonds. The molecule has 1 aliphatic heterocycles. The number of aromatic nitrogens is 4. The largest absolute Gasteiger partial charge is 0.367 e. The Balaban J connectivity index is 1.72. The van der Waals surface area contributed by atoms with Gasteiger partial charge in [0, 0.05) is 25.9 Å². The first kappa shape index (κ1) is 17.4. The summed E-state index contributed by atoms with van der Waals surface area (Å²) in [5.41, 5.74) is 1.68. The van der Waals surface area contributed by atoms with Crippen molar-refractivity contribution in [3.63, 3.8) is 0 Å². The third-order valence-corrected chi connectivity index (χ3v) is 4.90. The summed E-state index contributed by atoms with van der Waals surface area (Å²) >= 11 is 0. The van der Waals surface area contributed by atoms with Crippen LogP contribution in [0.15, 0.2) is 59.8 Å². The van der Waals surface area contributed by atoms with Crippen molar-refractivity contribution in [2.45, 2.75) is 12.5 Å². The van der Waals surface area contributed by atoms with E-state index in [2.05, 4.69) is 33.9 Å². The number of hydrogen-bond donors (Lipinski definition) is 0. The number of hydrogen-bond acceptors (Lipinski definition) is 6. The van der Waals surface area contributed by atoms with Gasteiger partial charge in [0.05, 0.1) is 24.5 Å². The number of morpholine rings is 1. The average molecular weight is 363 g/mol. The van der Waals surface area contributed by atoms with Crippen LogP contribution >= 0.6 is 0 Å². The average Bonchev–Trinajstić information content (AvgIpc) is 2.71. The summed E-state index contributed by atoms with van der Waals surface area (Å²) in [5, 5.41) is 0. The van der Waals surface area contributed by atoms with Crippen LogP contribution in [0.2, 0.25) is 0 Å². The van der Waals surface area contributed by atoms with Crippen molar-refractivity contribution in [3.8, 4) is 11.4 Å². The second kappa shape index (κ2) is 6.92. The predicted octanol–water partition coefficient (Wildman–Crippen LogP) is 1.99. The highest BCUT2D eigenvalue weighted by atomic mass is 16.5.